The molecule has 1 N–H and O–H groups in total. The predicted molar refractivity (Wildman–Crippen MR) is 114 cm³/mol. The van der Waals surface area contributed by atoms with Gasteiger partial charge in [-0.25, -0.2) is 8.42 Å². The first-order valence-electron chi connectivity index (χ1n) is 9.65. The van der Waals surface area contributed by atoms with Crippen molar-refractivity contribution >= 4 is 33.2 Å². The molecule has 0 spiro atoms. The van der Waals surface area contributed by atoms with Crippen LogP contribution in [-0.4, -0.2) is 33.5 Å². The van der Waals surface area contributed by atoms with E-state index in [-0.39, 0.29) is 34.2 Å². The number of carbonyl (C=O) groups excluding carboxylic acids is 1. The van der Waals surface area contributed by atoms with Gasteiger partial charge in [-0.15, -0.1) is 0 Å². The van der Waals surface area contributed by atoms with E-state index in [9.17, 15) is 13.2 Å². The molecule has 0 aliphatic carbocycles. The number of carbonyl (C=O) groups is 1. The van der Waals surface area contributed by atoms with Crippen LogP contribution >= 0.6 is 11.6 Å². The van der Waals surface area contributed by atoms with Gasteiger partial charge in [-0.1, -0.05) is 43.1 Å². The Morgan fingerprint density at radius 2 is 2.03 bits per heavy atom. The number of fused-ring (bicyclic) bond motifs is 1. The molecule has 3 rings (SSSR count). The Balaban J connectivity index is 1.70. The molecule has 156 valence electrons. The lowest BCUT2D eigenvalue weighted by Crippen LogP contribution is -2.36. The number of hydrogen-bond donors (Lipinski definition) is 1. The Morgan fingerprint density at radius 3 is 2.76 bits per heavy atom. The smallest absolute Gasteiger partial charge is 0.264 e. The van der Waals surface area contributed by atoms with Crippen molar-refractivity contribution in [3.63, 3.8) is 0 Å². The normalized spacial score (nSPS) is 14.4. The first-order chi connectivity index (χ1) is 13.8. The van der Waals surface area contributed by atoms with Crippen LogP contribution in [0, 0.1) is 0 Å². The van der Waals surface area contributed by atoms with Crippen LogP contribution in [0.1, 0.15) is 32.3 Å². The molecule has 1 amide bonds. The zero-order chi connectivity index (χ0) is 21.0. The highest BCUT2D eigenvalue weighted by Crippen LogP contribution is 2.35. The van der Waals surface area contributed by atoms with Crippen molar-refractivity contribution in [2.45, 2.75) is 44.0 Å². The summed E-state index contributed by atoms with van der Waals surface area (Å²) in [6, 6.07) is 11.8. The van der Waals surface area contributed by atoms with Crippen LogP contribution in [0.15, 0.2) is 47.4 Å². The lowest BCUT2D eigenvalue weighted by molar-refractivity contribution is -0.123. The third kappa shape index (κ3) is 4.85. The number of amides is 1. The Kier molecular flexibility index (Phi) is 6.70. The average molecular weight is 437 g/mol. The summed E-state index contributed by atoms with van der Waals surface area (Å²) in [4.78, 5) is 12.0. The van der Waals surface area contributed by atoms with Gasteiger partial charge in [0.25, 0.3) is 15.9 Å². The van der Waals surface area contributed by atoms with Crippen LogP contribution < -0.4 is 14.4 Å². The maximum atomic E-state index is 13.1. The van der Waals surface area contributed by atoms with E-state index >= 15 is 0 Å². The summed E-state index contributed by atoms with van der Waals surface area (Å²) in [5.41, 5.74) is 1.70. The molecule has 0 aromatic heterocycles. The predicted octanol–water partition coefficient (Wildman–Crippen LogP) is 3.78. The second-order valence-corrected chi connectivity index (χ2v) is 9.36. The minimum absolute atomic E-state index is 0.0717. The van der Waals surface area contributed by atoms with Crippen molar-refractivity contribution in [1.82, 2.24) is 5.32 Å². The van der Waals surface area contributed by atoms with Crippen LogP contribution in [0.2, 0.25) is 5.02 Å². The number of benzene rings is 2. The number of sulfonamides is 1. The number of anilines is 1. The van der Waals surface area contributed by atoms with Crippen LogP contribution in [0.25, 0.3) is 0 Å². The largest absolute Gasteiger partial charge is 0.482 e. The SMILES string of the molecule is CCC[C@H](C)NC(=O)COc1ccc(S(=O)(=O)N2CCc3ccccc32)cc1Cl. The number of rotatable bonds is 8. The van der Waals surface area contributed by atoms with Crippen molar-refractivity contribution in [1.29, 1.82) is 0 Å². The van der Waals surface area contributed by atoms with Gasteiger partial charge in [-0.2, -0.15) is 0 Å². The summed E-state index contributed by atoms with van der Waals surface area (Å²) in [7, 11) is -3.73. The highest BCUT2D eigenvalue weighted by atomic mass is 35.5. The van der Waals surface area contributed by atoms with E-state index in [0.717, 1.165) is 18.4 Å². The van der Waals surface area contributed by atoms with Gasteiger partial charge in [0.1, 0.15) is 5.75 Å². The molecule has 29 heavy (non-hydrogen) atoms. The topological polar surface area (TPSA) is 75.7 Å². The molecule has 0 fully saturated rings. The lowest BCUT2D eigenvalue weighted by Gasteiger charge is -2.20. The van der Waals surface area contributed by atoms with Crippen LogP contribution in [0.4, 0.5) is 5.69 Å². The van der Waals surface area contributed by atoms with Gasteiger partial charge in [0.05, 0.1) is 15.6 Å². The molecule has 0 saturated carbocycles. The van der Waals surface area contributed by atoms with Gasteiger partial charge >= 0.3 is 0 Å². The quantitative estimate of drug-likeness (QED) is 0.683. The van der Waals surface area contributed by atoms with E-state index in [4.69, 9.17) is 16.3 Å². The van der Waals surface area contributed by atoms with E-state index in [2.05, 4.69) is 12.2 Å². The van der Waals surface area contributed by atoms with Gasteiger partial charge in [0.15, 0.2) is 6.61 Å². The monoisotopic (exact) mass is 436 g/mol. The summed E-state index contributed by atoms with van der Waals surface area (Å²) in [5.74, 6) is 0.0260. The molecule has 1 atom stereocenters. The molecule has 0 unspecified atom stereocenters. The van der Waals surface area contributed by atoms with Crippen LogP contribution in [0.3, 0.4) is 0 Å². The first-order valence-corrected chi connectivity index (χ1v) is 11.5. The third-order valence-electron chi connectivity index (χ3n) is 4.82. The van der Waals surface area contributed by atoms with Crippen LogP contribution in [0.5, 0.6) is 5.75 Å². The van der Waals surface area contributed by atoms with Gasteiger partial charge in [-0.3, -0.25) is 9.10 Å². The number of hydrogen-bond acceptors (Lipinski definition) is 4. The van der Waals surface area contributed by atoms with E-state index in [1.165, 1.54) is 22.5 Å². The minimum Gasteiger partial charge on any atom is -0.482 e. The van der Waals surface area contributed by atoms with Gasteiger partial charge in [0.2, 0.25) is 0 Å². The zero-order valence-corrected chi connectivity index (χ0v) is 18.1. The van der Waals surface area contributed by atoms with Gasteiger partial charge in [-0.05, 0) is 49.6 Å². The molecule has 1 aliphatic heterocycles. The molecular weight excluding hydrogens is 412 g/mol. The molecular formula is C21H25ClN2O4S. The molecule has 0 bridgehead atoms. The molecule has 2 aromatic carbocycles. The van der Waals surface area contributed by atoms with Crippen molar-refractivity contribution in [2.75, 3.05) is 17.5 Å². The second kappa shape index (κ2) is 9.05. The van der Waals surface area contributed by atoms with Crippen molar-refractivity contribution in [3.05, 3.63) is 53.1 Å². The standard InChI is InChI=1S/C21H25ClN2O4S/c1-3-6-15(2)23-21(25)14-28-20-10-9-17(13-18(20)22)29(26,27)24-12-11-16-7-4-5-8-19(16)24/h4-5,7-10,13,15H,3,6,11-12,14H2,1-2H3,(H,23,25)/t15-/m0/s1. The Hall–Kier alpha value is -2.25. The maximum Gasteiger partial charge on any atom is 0.264 e. The van der Waals surface area contributed by atoms with Crippen molar-refractivity contribution in [3.8, 4) is 5.75 Å². The minimum atomic E-state index is -3.73. The fourth-order valence-electron chi connectivity index (χ4n) is 3.41. The average Bonchev–Trinajstić information content (AvgIpc) is 3.12. The Morgan fingerprint density at radius 1 is 1.28 bits per heavy atom. The summed E-state index contributed by atoms with van der Waals surface area (Å²) >= 11 is 6.24. The molecule has 2 aromatic rings. The number of para-hydroxylation sites is 1. The Bertz CT molecular complexity index is 994. The second-order valence-electron chi connectivity index (χ2n) is 7.09. The third-order valence-corrected chi connectivity index (χ3v) is 6.93. The fourth-order valence-corrected chi connectivity index (χ4v) is 5.24. The first kappa shape index (κ1) is 21.5. The van der Waals surface area contributed by atoms with Crippen molar-refractivity contribution < 1.29 is 17.9 Å². The fraction of sp³-hybridized carbons (Fsp3) is 0.381. The van der Waals surface area contributed by atoms with Gasteiger partial charge < -0.3 is 10.1 Å². The molecule has 8 heteroatoms. The Labute approximate surface area is 176 Å². The van der Waals surface area contributed by atoms with E-state index in [1.54, 1.807) is 6.07 Å². The molecule has 0 saturated heterocycles. The molecule has 6 nitrogen and oxygen atoms in total. The summed E-state index contributed by atoms with van der Waals surface area (Å²) in [6.45, 7) is 4.20. The van der Waals surface area contributed by atoms with Gasteiger partial charge in [0, 0.05) is 12.6 Å². The molecule has 1 heterocycles. The summed E-state index contributed by atoms with van der Waals surface area (Å²) in [5, 5.41) is 2.99. The number of halogens is 1. The van der Waals surface area contributed by atoms with E-state index in [0.29, 0.717) is 18.7 Å². The maximum absolute atomic E-state index is 13.1. The summed E-state index contributed by atoms with van der Waals surface area (Å²) < 4.78 is 33.0. The highest BCUT2D eigenvalue weighted by Gasteiger charge is 2.31. The summed E-state index contributed by atoms with van der Waals surface area (Å²) in [6.07, 6.45) is 2.54. The van der Waals surface area contributed by atoms with E-state index in [1.807, 2.05) is 25.1 Å². The van der Waals surface area contributed by atoms with E-state index < -0.39 is 10.0 Å². The number of nitrogens with zero attached hydrogens (tertiary/aromatic N) is 1. The molecule has 1 aliphatic rings. The molecule has 0 radical (unpaired) electrons. The van der Waals surface area contributed by atoms with Crippen LogP contribution in [-0.2, 0) is 21.2 Å². The zero-order valence-electron chi connectivity index (χ0n) is 16.5. The number of nitrogens with one attached hydrogen (secondary N) is 1. The highest BCUT2D eigenvalue weighted by molar-refractivity contribution is 7.92. The number of ether oxygens (including phenoxy) is 1. The van der Waals surface area contributed by atoms with Crippen molar-refractivity contribution in [2.24, 2.45) is 0 Å². The lowest BCUT2D eigenvalue weighted by atomic mass is 10.2.